The number of rotatable bonds is 0. The molecule has 2 atom stereocenters. The van der Waals surface area contributed by atoms with Crippen LogP contribution in [0.25, 0.3) is 0 Å². The molecule has 0 bridgehead atoms. The van der Waals surface area contributed by atoms with Crippen molar-refractivity contribution in [1.82, 2.24) is 0 Å². The number of hydrogen-bond acceptors (Lipinski definition) is 4. The second-order valence-electron chi connectivity index (χ2n) is 2.38. The molecule has 0 aromatic heterocycles. The van der Waals surface area contributed by atoms with E-state index in [0.29, 0.717) is 11.4 Å². The average Bonchev–Trinajstić information content (AvgIpc) is 1.84. The van der Waals surface area contributed by atoms with Crippen molar-refractivity contribution < 1.29 is 0 Å². The van der Waals surface area contributed by atoms with Crippen LogP contribution in [-0.2, 0) is 0 Å². The molecule has 0 heterocycles. The fourth-order valence-electron chi connectivity index (χ4n) is 0.829. The monoisotopic (exact) mass is 140 g/mol. The topological polar surface area (TPSA) is 104 Å². The van der Waals surface area contributed by atoms with Gasteiger partial charge in [0.05, 0.1) is 12.1 Å². The molecule has 0 aromatic carbocycles. The van der Waals surface area contributed by atoms with Gasteiger partial charge in [-0.25, -0.2) is 0 Å². The van der Waals surface area contributed by atoms with Gasteiger partial charge in [0.2, 0.25) is 0 Å². The van der Waals surface area contributed by atoms with Gasteiger partial charge in [0.1, 0.15) is 0 Å². The Bertz CT molecular complexity index is 172. The zero-order valence-corrected chi connectivity index (χ0v) is 5.62. The molecule has 0 radical (unpaired) electrons. The smallest absolute Gasteiger partial charge is 0.0646 e. The Hall–Kier alpha value is -1.00. The van der Waals surface area contributed by atoms with Crippen molar-refractivity contribution in [2.75, 3.05) is 0 Å². The molecule has 0 saturated heterocycles. The molecule has 4 nitrogen and oxygen atoms in total. The second-order valence-corrected chi connectivity index (χ2v) is 2.38. The van der Waals surface area contributed by atoms with E-state index >= 15 is 0 Å². The molecule has 4 heteroatoms. The first-order chi connectivity index (χ1) is 4.61. The van der Waals surface area contributed by atoms with Crippen LogP contribution in [0.4, 0.5) is 0 Å². The predicted molar refractivity (Wildman–Crippen MR) is 40.5 cm³/mol. The van der Waals surface area contributed by atoms with Crippen LogP contribution < -0.4 is 22.9 Å². The first kappa shape index (κ1) is 7.11. The lowest BCUT2D eigenvalue weighted by Crippen LogP contribution is -2.37. The summed E-state index contributed by atoms with van der Waals surface area (Å²) in [6.07, 6.45) is 3.33. The molecule has 1 aliphatic carbocycles. The SMILES string of the molecule is NC1=CC(N)C(N)=CC1N. The van der Waals surface area contributed by atoms with Crippen molar-refractivity contribution >= 4 is 0 Å². The largest absolute Gasteiger partial charge is 0.401 e. The normalized spacial score (nSPS) is 33.0. The van der Waals surface area contributed by atoms with Gasteiger partial charge in [0, 0.05) is 11.4 Å². The molecule has 0 amide bonds. The second kappa shape index (κ2) is 2.32. The maximum atomic E-state index is 5.53. The Labute approximate surface area is 59.5 Å². The molecule has 0 fully saturated rings. The molecular weight excluding hydrogens is 128 g/mol. The molecule has 1 rings (SSSR count). The van der Waals surface area contributed by atoms with E-state index in [2.05, 4.69) is 0 Å². The molecule has 0 aliphatic heterocycles. The van der Waals surface area contributed by atoms with Crippen LogP contribution in [0.15, 0.2) is 23.5 Å². The fourth-order valence-corrected chi connectivity index (χ4v) is 0.829. The Balaban J connectivity index is 2.81. The standard InChI is InChI=1S/C6H12N4/c7-3-1-4(8)6(10)2-5(3)9/h1-3,6H,7-10H2. The predicted octanol–water partition coefficient (Wildman–Crippen LogP) is -1.66. The van der Waals surface area contributed by atoms with Crippen molar-refractivity contribution in [3.05, 3.63) is 23.5 Å². The third-order valence-electron chi connectivity index (χ3n) is 1.51. The van der Waals surface area contributed by atoms with E-state index in [4.69, 9.17) is 22.9 Å². The lowest BCUT2D eigenvalue weighted by Gasteiger charge is -2.18. The number of nitrogens with two attached hydrogens (primary N) is 4. The Kier molecular flexibility index (Phi) is 1.65. The summed E-state index contributed by atoms with van der Waals surface area (Å²) in [5.74, 6) is 0. The third-order valence-corrected chi connectivity index (χ3v) is 1.51. The van der Waals surface area contributed by atoms with Crippen molar-refractivity contribution in [2.24, 2.45) is 22.9 Å². The first-order valence-electron chi connectivity index (χ1n) is 3.07. The van der Waals surface area contributed by atoms with Crippen LogP contribution in [0.2, 0.25) is 0 Å². The highest BCUT2D eigenvalue weighted by atomic mass is 14.8. The van der Waals surface area contributed by atoms with E-state index in [0.717, 1.165) is 0 Å². The lowest BCUT2D eigenvalue weighted by molar-refractivity contribution is 0.808. The Morgan fingerprint density at radius 3 is 1.50 bits per heavy atom. The van der Waals surface area contributed by atoms with Crippen LogP contribution in [0, 0.1) is 0 Å². The minimum atomic E-state index is -0.264. The van der Waals surface area contributed by atoms with Gasteiger partial charge in [0.15, 0.2) is 0 Å². The summed E-state index contributed by atoms with van der Waals surface area (Å²) < 4.78 is 0. The fraction of sp³-hybridized carbons (Fsp3) is 0.333. The maximum absolute atomic E-state index is 5.53. The summed E-state index contributed by atoms with van der Waals surface area (Å²) in [4.78, 5) is 0. The van der Waals surface area contributed by atoms with Gasteiger partial charge in [0.25, 0.3) is 0 Å². The molecule has 10 heavy (non-hydrogen) atoms. The van der Waals surface area contributed by atoms with E-state index in [-0.39, 0.29) is 12.1 Å². The zero-order valence-electron chi connectivity index (χ0n) is 5.62. The first-order valence-corrected chi connectivity index (χ1v) is 3.07. The highest BCUT2D eigenvalue weighted by Gasteiger charge is 2.13. The molecular formula is C6H12N4. The summed E-state index contributed by atoms with van der Waals surface area (Å²) in [6.45, 7) is 0. The minimum absolute atomic E-state index is 0.264. The minimum Gasteiger partial charge on any atom is -0.401 e. The molecule has 0 aromatic rings. The van der Waals surface area contributed by atoms with Gasteiger partial charge in [-0.1, -0.05) is 0 Å². The summed E-state index contributed by atoms with van der Waals surface area (Å²) in [5.41, 5.74) is 23.2. The highest BCUT2D eigenvalue weighted by Crippen LogP contribution is 2.07. The molecule has 56 valence electrons. The molecule has 0 saturated carbocycles. The van der Waals surface area contributed by atoms with Crippen LogP contribution in [0.3, 0.4) is 0 Å². The summed E-state index contributed by atoms with van der Waals surface area (Å²) in [7, 11) is 0. The quantitative estimate of drug-likeness (QED) is 0.323. The summed E-state index contributed by atoms with van der Waals surface area (Å²) in [5, 5.41) is 0. The molecule has 8 N–H and O–H groups in total. The highest BCUT2D eigenvalue weighted by molar-refractivity contribution is 5.30. The van der Waals surface area contributed by atoms with Crippen molar-refractivity contribution in [3.63, 3.8) is 0 Å². The van der Waals surface area contributed by atoms with E-state index in [1.165, 1.54) is 0 Å². The van der Waals surface area contributed by atoms with E-state index in [1.807, 2.05) is 0 Å². The summed E-state index contributed by atoms with van der Waals surface area (Å²) in [6, 6.07) is -0.528. The molecule has 1 aliphatic rings. The average molecular weight is 140 g/mol. The van der Waals surface area contributed by atoms with Gasteiger partial charge in [-0.15, -0.1) is 0 Å². The van der Waals surface area contributed by atoms with Crippen molar-refractivity contribution in [1.29, 1.82) is 0 Å². The van der Waals surface area contributed by atoms with Crippen LogP contribution >= 0.6 is 0 Å². The van der Waals surface area contributed by atoms with E-state index in [1.54, 1.807) is 12.2 Å². The van der Waals surface area contributed by atoms with Crippen LogP contribution in [0.5, 0.6) is 0 Å². The lowest BCUT2D eigenvalue weighted by atomic mass is 10.0. The maximum Gasteiger partial charge on any atom is 0.0646 e. The van der Waals surface area contributed by atoms with Crippen LogP contribution in [0.1, 0.15) is 0 Å². The summed E-state index contributed by atoms with van der Waals surface area (Å²) >= 11 is 0. The van der Waals surface area contributed by atoms with Crippen molar-refractivity contribution in [3.8, 4) is 0 Å². The van der Waals surface area contributed by atoms with Gasteiger partial charge < -0.3 is 22.9 Å². The van der Waals surface area contributed by atoms with E-state index < -0.39 is 0 Å². The molecule has 0 spiro atoms. The van der Waals surface area contributed by atoms with Gasteiger partial charge in [-0.2, -0.15) is 0 Å². The molecule has 2 unspecified atom stereocenters. The Morgan fingerprint density at radius 2 is 1.20 bits per heavy atom. The van der Waals surface area contributed by atoms with Gasteiger partial charge in [-0.3, -0.25) is 0 Å². The van der Waals surface area contributed by atoms with Crippen LogP contribution in [-0.4, -0.2) is 12.1 Å². The Morgan fingerprint density at radius 1 is 0.900 bits per heavy atom. The zero-order chi connectivity index (χ0) is 7.72. The van der Waals surface area contributed by atoms with Crippen molar-refractivity contribution in [2.45, 2.75) is 12.1 Å². The number of hydrogen-bond donors (Lipinski definition) is 4. The van der Waals surface area contributed by atoms with Gasteiger partial charge >= 0.3 is 0 Å². The van der Waals surface area contributed by atoms with Gasteiger partial charge in [-0.05, 0) is 12.2 Å². The van der Waals surface area contributed by atoms with E-state index in [9.17, 15) is 0 Å². The third kappa shape index (κ3) is 1.12.